The summed E-state index contributed by atoms with van der Waals surface area (Å²) in [7, 11) is 3.04. The number of aliphatic hydroxyl groups excluding tert-OH is 1. The van der Waals surface area contributed by atoms with E-state index in [1.807, 2.05) is 0 Å². The minimum Gasteiger partial charge on any atom is -0.493 e. The first-order valence-corrected chi connectivity index (χ1v) is 5.81. The second kappa shape index (κ2) is 5.71. The van der Waals surface area contributed by atoms with E-state index in [1.165, 1.54) is 20.3 Å². The Balaban J connectivity index is 2.39. The number of halogens is 1. The van der Waals surface area contributed by atoms with E-state index in [-0.39, 0.29) is 5.56 Å². The van der Waals surface area contributed by atoms with Crippen molar-refractivity contribution >= 4 is 0 Å². The van der Waals surface area contributed by atoms with Crippen molar-refractivity contribution in [1.29, 1.82) is 0 Å². The van der Waals surface area contributed by atoms with Gasteiger partial charge in [0.1, 0.15) is 11.9 Å². The third-order valence-corrected chi connectivity index (χ3v) is 2.92. The molecule has 0 aromatic heterocycles. The Labute approximate surface area is 111 Å². The summed E-state index contributed by atoms with van der Waals surface area (Å²) in [5.41, 5.74) is 0.775. The maximum absolute atomic E-state index is 13.6. The van der Waals surface area contributed by atoms with Crippen LogP contribution < -0.4 is 9.47 Å². The van der Waals surface area contributed by atoms with Crippen LogP contribution in [-0.4, -0.2) is 19.3 Å². The Hall–Kier alpha value is -2.07. The van der Waals surface area contributed by atoms with E-state index in [1.54, 1.807) is 36.4 Å². The summed E-state index contributed by atoms with van der Waals surface area (Å²) in [5.74, 6) is 0.618. The summed E-state index contributed by atoms with van der Waals surface area (Å²) < 4.78 is 23.9. The first kappa shape index (κ1) is 13.4. The molecular formula is C15H15FO3. The van der Waals surface area contributed by atoms with Crippen LogP contribution >= 0.6 is 0 Å². The van der Waals surface area contributed by atoms with Gasteiger partial charge in [0.2, 0.25) is 0 Å². The summed E-state index contributed by atoms with van der Waals surface area (Å²) in [4.78, 5) is 0. The molecular weight excluding hydrogens is 247 g/mol. The van der Waals surface area contributed by atoms with Crippen LogP contribution in [-0.2, 0) is 0 Å². The van der Waals surface area contributed by atoms with Crippen LogP contribution in [0.3, 0.4) is 0 Å². The molecule has 100 valence electrons. The Kier molecular flexibility index (Phi) is 4.02. The van der Waals surface area contributed by atoms with Gasteiger partial charge < -0.3 is 14.6 Å². The molecule has 0 fully saturated rings. The molecule has 0 saturated heterocycles. The largest absolute Gasteiger partial charge is 0.493 e. The summed E-state index contributed by atoms with van der Waals surface area (Å²) in [6.07, 6.45) is -1.04. The molecule has 0 spiro atoms. The number of ether oxygens (including phenoxy) is 2. The standard InChI is InChI=1S/C15H15FO3/c1-18-13-8-7-10(9-14(13)19-2)15(17)11-5-3-4-6-12(11)16/h3-9,15,17H,1-2H3/t15-/m0/s1. The fourth-order valence-electron chi connectivity index (χ4n) is 1.90. The zero-order valence-corrected chi connectivity index (χ0v) is 10.8. The van der Waals surface area contributed by atoms with E-state index in [4.69, 9.17) is 9.47 Å². The zero-order chi connectivity index (χ0) is 13.8. The van der Waals surface area contributed by atoms with E-state index < -0.39 is 11.9 Å². The van der Waals surface area contributed by atoms with Crippen molar-refractivity contribution in [3.05, 3.63) is 59.4 Å². The molecule has 0 aliphatic carbocycles. The fourth-order valence-corrected chi connectivity index (χ4v) is 1.90. The smallest absolute Gasteiger partial charge is 0.161 e. The molecule has 0 amide bonds. The van der Waals surface area contributed by atoms with Gasteiger partial charge in [-0.1, -0.05) is 24.3 Å². The molecule has 0 radical (unpaired) electrons. The maximum Gasteiger partial charge on any atom is 0.161 e. The number of rotatable bonds is 4. The minimum absolute atomic E-state index is 0.231. The molecule has 0 heterocycles. The molecule has 0 saturated carbocycles. The van der Waals surface area contributed by atoms with Gasteiger partial charge in [-0.3, -0.25) is 0 Å². The fraction of sp³-hybridized carbons (Fsp3) is 0.200. The molecule has 19 heavy (non-hydrogen) atoms. The number of aliphatic hydroxyl groups is 1. The number of hydrogen-bond acceptors (Lipinski definition) is 3. The predicted molar refractivity (Wildman–Crippen MR) is 70.0 cm³/mol. The highest BCUT2D eigenvalue weighted by atomic mass is 19.1. The van der Waals surface area contributed by atoms with Gasteiger partial charge in [-0.15, -0.1) is 0 Å². The molecule has 0 bridgehead atoms. The topological polar surface area (TPSA) is 38.7 Å². The second-order valence-corrected chi connectivity index (χ2v) is 4.04. The zero-order valence-electron chi connectivity index (χ0n) is 10.8. The highest BCUT2D eigenvalue weighted by molar-refractivity contribution is 5.45. The van der Waals surface area contributed by atoms with Crippen molar-refractivity contribution in [2.75, 3.05) is 14.2 Å². The van der Waals surface area contributed by atoms with Gasteiger partial charge in [-0.05, 0) is 23.8 Å². The molecule has 4 heteroatoms. The van der Waals surface area contributed by atoms with Crippen molar-refractivity contribution in [2.45, 2.75) is 6.10 Å². The Bertz CT molecular complexity index is 569. The van der Waals surface area contributed by atoms with Crippen LogP contribution in [0.5, 0.6) is 11.5 Å². The summed E-state index contributed by atoms with van der Waals surface area (Å²) >= 11 is 0. The number of methoxy groups -OCH3 is 2. The quantitative estimate of drug-likeness (QED) is 0.920. The van der Waals surface area contributed by atoms with Crippen molar-refractivity contribution in [2.24, 2.45) is 0 Å². The third-order valence-electron chi connectivity index (χ3n) is 2.92. The Morgan fingerprint density at radius 1 is 1.00 bits per heavy atom. The van der Waals surface area contributed by atoms with Crippen LogP contribution in [0.1, 0.15) is 17.2 Å². The molecule has 3 nitrogen and oxygen atoms in total. The number of benzene rings is 2. The van der Waals surface area contributed by atoms with Gasteiger partial charge >= 0.3 is 0 Å². The molecule has 2 aromatic carbocycles. The van der Waals surface area contributed by atoms with E-state index in [0.29, 0.717) is 17.1 Å². The lowest BCUT2D eigenvalue weighted by atomic mass is 10.0. The lowest BCUT2D eigenvalue weighted by Crippen LogP contribution is -2.03. The molecule has 2 aromatic rings. The first-order chi connectivity index (χ1) is 9.17. The average Bonchev–Trinajstić information content (AvgIpc) is 2.46. The molecule has 0 aliphatic rings. The lowest BCUT2D eigenvalue weighted by Gasteiger charge is -2.15. The van der Waals surface area contributed by atoms with Gasteiger partial charge in [0.05, 0.1) is 14.2 Å². The second-order valence-electron chi connectivity index (χ2n) is 4.04. The molecule has 1 atom stereocenters. The van der Waals surface area contributed by atoms with Crippen molar-refractivity contribution in [3.8, 4) is 11.5 Å². The first-order valence-electron chi connectivity index (χ1n) is 5.81. The minimum atomic E-state index is -1.04. The van der Waals surface area contributed by atoms with E-state index >= 15 is 0 Å². The van der Waals surface area contributed by atoms with Gasteiger partial charge in [0.25, 0.3) is 0 Å². The van der Waals surface area contributed by atoms with Gasteiger partial charge in [0, 0.05) is 5.56 Å². The van der Waals surface area contributed by atoms with Crippen molar-refractivity contribution < 1.29 is 19.0 Å². The van der Waals surface area contributed by atoms with Crippen LogP contribution in [0.25, 0.3) is 0 Å². The van der Waals surface area contributed by atoms with Crippen LogP contribution in [0.4, 0.5) is 4.39 Å². The summed E-state index contributed by atoms with van der Waals surface area (Å²) in [5, 5.41) is 10.2. The van der Waals surface area contributed by atoms with Crippen LogP contribution in [0.15, 0.2) is 42.5 Å². The van der Waals surface area contributed by atoms with Gasteiger partial charge in [-0.2, -0.15) is 0 Å². The van der Waals surface area contributed by atoms with Crippen LogP contribution in [0, 0.1) is 5.82 Å². The Morgan fingerprint density at radius 2 is 1.68 bits per heavy atom. The van der Waals surface area contributed by atoms with Gasteiger partial charge in [-0.25, -0.2) is 4.39 Å². The van der Waals surface area contributed by atoms with Crippen LogP contribution in [0.2, 0.25) is 0 Å². The van der Waals surface area contributed by atoms with E-state index in [0.717, 1.165) is 0 Å². The monoisotopic (exact) mass is 262 g/mol. The third kappa shape index (κ3) is 2.69. The summed E-state index contributed by atoms with van der Waals surface area (Å²) in [6, 6.07) is 11.1. The molecule has 2 rings (SSSR count). The van der Waals surface area contributed by atoms with E-state index in [9.17, 15) is 9.50 Å². The molecule has 0 unspecified atom stereocenters. The summed E-state index contributed by atoms with van der Waals surface area (Å²) in [6.45, 7) is 0. The van der Waals surface area contributed by atoms with E-state index in [2.05, 4.69) is 0 Å². The highest BCUT2D eigenvalue weighted by Gasteiger charge is 2.16. The average molecular weight is 262 g/mol. The predicted octanol–water partition coefficient (Wildman–Crippen LogP) is 2.92. The molecule has 0 aliphatic heterocycles. The maximum atomic E-state index is 13.6. The van der Waals surface area contributed by atoms with Crippen molar-refractivity contribution in [1.82, 2.24) is 0 Å². The number of hydrogen-bond donors (Lipinski definition) is 1. The SMILES string of the molecule is COc1ccc([C@H](O)c2ccccc2F)cc1OC. The van der Waals surface area contributed by atoms with Gasteiger partial charge in [0.15, 0.2) is 11.5 Å². The Morgan fingerprint density at radius 3 is 2.32 bits per heavy atom. The van der Waals surface area contributed by atoms with Crippen molar-refractivity contribution in [3.63, 3.8) is 0 Å². The normalized spacial score (nSPS) is 12.0. The lowest BCUT2D eigenvalue weighted by molar-refractivity contribution is 0.214. The molecule has 1 N–H and O–H groups in total. The highest BCUT2D eigenvalue weighted by Crippen LogP contribution is 2.32.